The smallest absolute Gasteiger partial charge is 0.404 e. The van der Waals surface area contributed by atoms with Crippen LogP contribution in [0.3, 0.4) is 0 Å². The van der Waals surface area contributed by atoms with Crippen molar-refractivity contribution >= 4 is 17.4 Å². The van der Waals surface area contributed by atoms with Gasteiger partial charge in [0.2, 0.25) is 5.91 Å². The molecule has 0 unspecified atom stereocenters. The number of halogens is 4. The van der Waals surface area contributed by atoms with Crippen molar-refractivity contribution < 1.29 is 36.6 Å². The first-order valence-corrected chi connectivity index (χ1v) is 11.3. The summed E-state index contributed by atoms with van der Waals surface area (Å²) < 4.78 is 61.9. The van der Waals surface area contributed by atoms with E-state index in [0.29, 0.717) is 26.3 Å². The molecule has 1 saturated heterocycles. The van der Waals surface area contributed by atoms with Crippen LogP contribution < -0.4 is 10.1 Å². The number of alkyl halides is 3. The number of morpholine rings is 1. The molecule has 8 nitrogen and oxygen atoms in total. The molecule has 1 N–H and O–H groups in total. The number of anilines is 1. The van der Waals surface area contributed by atoms with Crippen LogP contribution in [0.15, 0.2) is 54.9 Å². The standard InChI is InChI=1S/C25H22F4N4O4/c26-19-4-2-1-3-18(19)21-14-30-17(13-31-21)12-22(34)16-5-6-23(37-25(27,28)29)20(11-16)32-24(35)15-33-7-9-36-10-8-33/h1-6,11,13-14H,7-10,12,15H2,(H,32,35). The molecule has 1 aliphatic rings. The zero-order chi connectivity index (χ0) is 26.4. The first-order valence-electron chi connectivity index (χ1n) is 11.3. The van der Waals surface area contributed by atoms with Crippen LogP contribution in [0.5, 0.6) is 5.75 Å². The topological polar surface area (TPSA) is 93.7 Å². The molecule has 0 spiro atoms. The number of aromatic nitrogens is 2. The minimum absolute atomic E-state index is 0.0381. The number of benzene rings is 2. The summed E-state index contributed by atoms with van der Waals surface area (Å²) in [5.41, 5.74) is 0.566. The molecule has 4 rings (SSSR count). The maximum absolute atomic E-state index is 14.0. The fourth-order valence-electron chi connectivity index (χ4n) is 3.69. The van der Waals surface area contributed by atoms with Crippen LogP contribution in [0.2, 0.25) is 0 Å². The predicted octanol–water partition coefficient (Wildman–Crippen LogP) is 3.88. The third kappa shape index (κ3) is 7.30. The van der Waals surface area contributed by atoms with Crippen molar-refractivity contribution in [3.63, 3.8) is 0 Å². The molecule has 2 heterocycles. The van der Waals surface area contributed by atoms with Gasteiger partial charge in [0.1, 0.15) is 5.82 Å². The third-order valence-electron chi connectivity index (χ3n) is 5.47. The van der Waals surface area contributed by atoms with E-state index < -0.39 is 29.6 Å². The van der Waals surface area contributed by atoms with Gasteiger partial charge in [0, 0.05) is 30.4 Å². The lowest BCUT2D eigenvalue weighted by atomic mass is 10.1. The Labute approximate surface area is 209 Å². The molecule has 2 aromatic carbocycles. The zero-order valence-corrected chi connectivity index (χ0v) is 19.4. The van der Waals surface area contributed by atoms with E-state index in [1.807, 2.05) is 0 Å². The highest BCUT2D eigenvalue weighted by Crippen LogP contribution is 2.32. The molecule has 0 saturated carbocycles. The van der Waals surface area contributed by atoms with Crippen LogP contribution >= 0.6 is 0 Å². The number of ether oxygens (including phenoxy) is 2. The summed E-state index contributed by atoms with van der Waals surface area (Å²) in [6.45, 7) is 1.86. The van der Waals surface area contributed by atoms with Crippen LogP contribution in [0.1, 0.15) is 16.1 Å². The lowest BCUT2D eigenvalue weighted by molar-refractivity contribution is -0.274. The summed E-state index contributed by atoms with van der Waals surface area (Å²) in [5.74, 6) is -2.15. The fourth-order valence-corrected chi connectivity index (χ4v) is 3.69. The average Bonchev–Trinajstić information content (AvgIpc) is 2.86. The van der Waals surface area contributed by atoms with Crippen LogP contribution in [0, 0.1) is 5.82 Å². The van der Waals surface area contributed by atoms with E-state index in [9.17, 15) is 27.2 Å². The quantitative estimate of drug-likeness (QED) is 0.357. The van der Waals surface area contributed by atoms with Gasteiger partial charge in [0.15, 0.2) is 11.5 Å². The molecule has 12 heteroatoms. The summed E-state index contributed by atoms with van der Waals surface area (Å²) in [7, 11) is 0. The van der Waals surface area contributed by atoms with Gasteiger partial charge >= 0.3 is 6.36 Å². The Morgan fingerprint density at radius 3 is 2.49 bits per heavy atom. The van der Waals surface area contributed by atoms with E-state index in [0.717, 1.165) is 12.1 Å². The van der Waals surface area contributed by atoms with Gasteiger partial charge in [-0.3, -0.25) is 24.5 Å². The summed E-state index contributed by atoms with van der Waals surface area (Å²) in [6.07, 6.45) is -2.56. The van der Waals surface area contributed by atoms with Gasteiger partial charge in [-0.15, -0.1) is 13.2 Å². The molecule has 1 fully saturated rings. The van der Waals surface area contributed by atoms with Crippen LogP contribution in [0.4, 0.5) is 23.2 Å². The molecule has 1 amide bonds. The molecule has 0 aliphatic carbocycles. The Kier molecular flexibility index (Phi) is 8.09. The fraction of sp³-hybridized carbons (Fsp3) is 0.280. The normalized spacial score (nSPS) is 14.3. The van der Waals surface area contributed by atoms with Crippen molar-refractivity contribution in [1.82, 2.24) is 14.9 Å². The van der Waals surface area contributed by atoms with Gasteiger partial charge in [0.05, 0.1) is 49.5 Å². The molecule has 3 aromatic rings. The second kappa shape index (κ2) is 11.4. The van der Waals surface area contributed by atoms with E-state index in [2.05, 4.69) is 20.0 Å². The minimum Gasteiger partial charge on any atom is -0.404 e. The number of hydrogen-bond donors (Lipinski definition) is 1. The molecule has 1 aliphatic heterocycles. The molecule has 0 atom stereocenters. The van der Waals surface area contributed by atoms with Crippen LogP contribution in [-0.2, 0) is 16.0 Å². The number of Topliss-reactive ketones (excluding diaryl/α,β-unsaturated/α-hetero) is 1. The molecular formula is C25H22F4N4O4. The molecule has 1 aromatic heterocycles. The van der Waals surface area contributed by atoms with Gasteiger partial charge in [0.25, 0.3) is 0 Å². The number of ketones is 1. The number of amides is 1. The maximum atomic E-state index is 14.0. The SMILES string of the molecule is O=C(CN1CCOCC1)Nc1cc(C(=O)Cc2cnc(-c3ccccc3F)cn2)ccc1OC(F)(F)F. The van der Waals surface area contributed by atoms with E-state index in [4.69, 9.17) is 4.74 Å². The number of hydrogen-bond acceptors (Lipinski definition) is 7. The highest BCUT2D eigenvalue weighted by Gasteiger charge is 2.32. The van der Waals surface area contributed by atoms with E-state index in [-0.39, 0.29) is 41.2 Å². The monoisotopic (exact) mass is 518 g/mol. The van der Waals surface area contributed by atoms with Crippen molar-refractivity contribution in [3.05, 3.63) is 71.9 Å². The maximum Gasteiger partial charge on any atom is 0.573 e. The summed E-state index contributed by atoms with van der Waals surface area (Å²) in [5, 5.41) is 2.41. The zero-order valence-electron chi connectivity index (χ0n) is 19.4. The summed E-state index contributed by atoms with van der Waals surface area (Å²) in [4.78, 5) is 35.4. The summed E-state index contributed by atoms with van der Waals surface area (Å²) >= 11 is 0. The second-order valence-corrected chi connectivity index (χ2v) is 8.17. The van der Waals surface area contributed by atoms with Gasteiger partial charge < -0.3 is 14.8 Å². The number of nitrogens with one attached hydrogen (secondary N) is 1. The molecule has 0 bridgehead atoms. The van der Waals surface area contributed by atoms with Gasteiger partial charge in [-0.2, -0.15) is 0 Å². The first kappa shape index (κ1) is 26.2. The number of carbonyl (C=O) groups is 2. The van der Waals surface area contributed by atoms with Gasteiger partial charge in [-0.25, -0.2) is 4.39 Å². The minimum atomic E-state index is -5.00. The predicted molar refractivity (Wildman–Crippen MR) is 124 cm³/mol. The van der Waals surface area contributed by atoms with Crippen LogP contribution in [0.25, 0.3) is 11.3 Å². The van der Waals surface area contributed by atoms with Crippen molar-refractivity contribution in [2.75, 3.05) is 38.2 Å². The van der Waals surface area contributed by atoms with E-state index in [1.54, 1.807) is 23.1 Å². The Morgan fingerprint density at radius 1 is 1.05 bits per heavy atom. The first-order chi connectivity index (χ1) is 17.7. The van der Waals surface area contributed by atoms with E-state index >= 15 is 0 Å². The van der Waals surface area contributed by atoms with Crippen molar-refractivity contribution in [1.29, 1.82) is 0 Å². The third-order valence-corrected chi connectivity index (χ3v) is 5.47. The summed E-state index contributed by atoms with van der Waals surface area (Å²) in [6, 6.07) is 9.30. The van der Waals surface area contributed by atoms with Crippen LogP contribution in [-0.4, -0.2) is 65.8 Å². The Balaban J connectivity index is 1.49. The average molecular weight is 518 g/mol. The molecule has 0 radical (unpaired) electrons. The lowest BCUT2D eigenvalue weighted by Crippen LogP contribution is -2.41. The number of rotatable bonds is 8. The van der Waals surface area contributed by atoms with E-state index in [1.165, 1.54) is 24.5 Å². The number of nitrogens with zero attached hydrogens (tertiary/aromatic N) is 3. The lowest BCUT2D eigenvalue weighted by Gasteiger charge is -2.26. The molecule has 194 valence electrons. The second-order valence-electron chi connectivity index (χ2n) is 8.17. The van der Waals surface area contributed by atoms with Gasteiger partial charge in [-0.05, 0) is 30.3 Å². The molecular weight excluding hydrogens is 496 g/mol. The Bertz CT molecular complexity index is 1260. The largest absolute Gasteiger partial charge is 0.573 e. The van der Waals surface area contributed by atoms with Crippen molar-refractivity contribution in [3.8, 4) is 17.0 Å². The van der Waals surface area contributed by atoms with Crippen molar-refractivity contribution in [2.45, 2.75) is 12.8 Å². The highest BCUT2D eigenvalue weighted by atomic mass is 19.4. The highest BCUT2D eigenvalue weighted by molar-refractivity contribution is 6.00. The van der Waals surface area contributed by atoms with Gasteiger partial charge in [-0.1, -0.05) is 12.1 Å². The number of carbonyl (C=O) groups excluding carboxylic acids is 2. The Hall–Kier alpha value is -3.90. The van der Waals surface area contributed by atoms with Crippen molar-refractivity contribution in [2.24, 2.45) is 0 Å². The Morgan fingerprint density at radius 2 is 1.81 bits per heavy atom. The molecule has 37 heavy (non-hydrogen) atoms.